The van der Waals surface area contributed by atoms with Gasteiger partial charge in [0, 0.05) is 23.9 Å². The summed E-state index contributed by atoms with van der Waals surface area (Å²) in [4.78, 5) is 0. The number of hydrogen-bond donors (Lipinski definition) is 2. The summed E-state index contributed by atoms with van der Waals surface area (Å²) >= 11 is 0. The minimum atomic E-state index is -0.346. The molecule has 4 N–H and O–H groups in total. The Hall–Kier alpha value is -2.36. The summed E-state index contributed by atoms with van der Waals surface area (Å²) in [6.45, 7) is 6.18. The second-order valence-corrected chi connectivity index (χ2v) is 6.90. The molecule has 4 heteroatoms. The quantitative estimate of drug-likeness (QED) is 0.330. The molecule has 0 fully saturated rings. The van der Waals surface area contributed by atoms with Crippen LogP contribution in [0.5, 0.6) is 11.5 Å². The Bertz CT molecular complexity index is 647. The zero-order valence-corrected chi connectivity index (χ0v) is 16.3. The van der Waals surface area contributed by atoms with Crippen LogP contribution >= 0.6 is 0 Å². The molecule has 0 radical (unpaired) electrons. The van der Waals surface area contributed by atoms with Crippen LogP contribution in [-0.4, -0.2) is 6.29 Å². The van der Waals surface area contributed by atoms with Gasteiger partial charge in [-0.2, -0.15) is 0 Å². The molecule has 0 aromatic heterocycles. The van der Waals surface area contributed by atoms with E-state index in [1.54, 1.807) is 0 Å². The van der Waals surface area contributed by atoms with Crippen LogP contribution in [0, 0.1) is 13.8 Å². The third-order valence-electron chi connectivity index (χ3n) is 4.57. The highest BCUT2D eigenvalue weighted by Crippen LogP contribution is 2.25. The zero-order valence-electron chi connectivity index (χ0n) is 16.3. The minimum Gasteiger partial charge on any atom is -0.455 e. The molecule has 4 nitrogen and oxygen atoms in total. The third kappa shape index (κ3) is 6.17. The summed E-state index contributed by atoms with van der Waals surface area (Å²) in [6, 6.07) is 11.5. The monoisotopic (exact) mass is 356 g/mol. The molecule has 2 aromatic carbocycles. The van der Waals surface area contributed by atoms with Gasteiger partial charge in [-0.3, -0.25) is 0 Å². The SMILES string of the molecule is CCCCCCCC(Oc1ccc(N)c(C)c1)Oc1ccc(C)c(N)c1. The molecule has 1 atom stereocenters. The van der Waals surface area contributed by atoms with Crippen molar-refractivity contribution >= 4 is 11.4 Å². The molecule has 1 unspecified atom stereocenters. The van der Waals surface area contributed by atoms with E-state index in [9.17, 15) is 0 Å². The normalized spacial score (nSPS) is 12.0. The summed E-state index contributed by atoms with van der Waals surface area (Å²) in [5, 5.41) is 0. The highest BCUT2D eigenvalue weighted by molar-refractivity contribution is 5.51. The van der Waals surface area contributed by atoms with Crippen LogP contribution in [0.2, 0.25) is 0 Å². The Kier molecular flexibility index (Phi) is 7.64. The molecule has 2 rings (SSSR count). The molecule has 0 aliphatic rings. The Balaban J connectivity index is 2.04. The molecule has 0 saturated heterocycles. The fraction of sp³-hybridized carbons (Fsp3) is 0.455. The van der Waals surface area contributed by atoms with Crippen molar-refractivity contribution in [3.63, 3.8) is 0 Å². The maximum absolute atomic E-state index is 6.11. The Labute approximate surface area is 157 Å². The van der Waals surface area contributed by atoms with Gasteiger partial charge in [-0.1, -0.05) is 38.7 Å². The van der Waals surface area contributed by atoms with Gasteiger partial charge < -0.3 is 20.9 Å². The lowest BCUT2D eigenvalue weighted by Crippen LogP contribution is -2.24. The number of aryl methyl sites for hydroxylation is 2. The van der Waals surface area contributed by atoms with Crippen molar-refractivity contribution in [2.24, 2.45) is 0 Å². The fourth-order valence-electron chi connectivity index (χ4n) is 2.77. The van der Waals surface area contributed by atoms with Crippen LogP contribution in [0.3, 0.4) is 0 Å². The Morgan fingerprint density at radius 1 is 0.769 bits per heavy atom. The van der Waals surface area contributed by atoms with Gasteiger partial charge in [-0.15, -0.1) is 0 Å². The fourth-order valence-corrected chi connectivity index (χ4v) is 2.77. The van der Waals surface area contributed by atoms with Crippen LogP contribution in [0.4, 0.5) is 11.4 Å². The van der Waals surface area contributed by atoms with E-state index in [0.717, 1.165) is 46.8 Å². The lowest BCUT2D eigenvalue weighted by molar-refractivity contribution is -0.00243. The van der Waals surface area contributed by atoms with Crippen LogP contribution in [0.25, 0.3) is 0 Å². The minimum absolute atomic E-state index is 0.346. The van der Waals surface area contributed by atoms with E-state index in [1.165, 1.54) is 25.7 Å². The Morgan fingerprint density at radius 3 is 2.08 bits per heavy atom. The first kappa shape index (κ1) is 20.0. The second-order valence-electron chi connectivity index (χ2n) is 6.90. The van der Waals surface area contributed by atoms with Crippen molar-refractivity contribution in [2.45, 2.75) is 65.6 Å². The first-order chi connectivity index (χ1) is 12.5. The van der Waals surface area contributed by atoms with E-state index in [1.807, 2.05) is 50.2 Å². The van der Waals surface area contributed by atoms with Crippen molar-refractivity contribution in [1.29, 1.82) is 0 Å². The smallest absolute Gasteiger partial charge is 0.241 e. The molecule has 2 aromatic rings. The predicted octanol–water partition coefficient (Wildman–Crippen LogP) is 5.61. The third-order valence-corrected chi connectivity index (χ3v) is 4.57. The standard InChI is InChI=1S/C22H32N2O2/c1-4-5-6-7-8-9-22(25-18-12-13-20(23)17(3)14-18)26-19-11-10-16(2)21(24)15-19/h10-15,22H,4-9,23-24H2,1-3H3. The highest BCUT2D eigenvalue weighted by Gasteiger charge is 2.14. The summed E-state index contributed by atoms with van der Waals surface area (Å²) in [5.74, 6) is 1.51. The second kappa shape index (κ2) is 9.95. The Morgan fingerprint density at radius 2 is 1.42 bits per heavy atom. The maximum atomic E-state index is 6.11. The van der Waals surface area contributed by atoms with E-state index in [4.69, 9.17) is 20.9 Å². The van der Waals surface area contributed by atoms with Crippen LogP contribution in [0.1, 0.15) is 56.6 Å². The highest BCUT2D eigenvalue weighted by atomic mass is 16.7. The van der Waals surface area contributed by atoms with Crippen molar-refractivity contribution in [2.75, 3.05) is 11.5 Å². The summed E-state index contributed by atoms with van der Waals surface area (Å²) < 4.78 is 12.2. The average Bonchev–Trinajstić information content (AvgIpc) is 2.61. The number of nitrogens with two attached hydrogens (primary N) is 2. The molecule has 142 valence electrons. The van der Waals surface area contributed by atoms with E-state index < -0.39 is 0 Å². The van der Waals surface area contributed by atoms with Gasteiger partial charge in [0.15, 0.2) is 0 Å². The van der Waals surface area contributed by atoms with Crippen molar-refractivity contribution < 1.29 is 9.47 Å². The molecular formula is C22H32N2O2. The number of unbranched alkanes of at least 4 members (excludes halogenated alkanes) is 4. The van der Waals surface area contributed by atoms with Gasteiger partial charge in [-0.05, 0) is 55.7 Å². The molecule has 0 aliphatic heterocycles. The van der Waals surface area contributed by atoms with Crippen LogP contribution in [-0.2, 0) is 0 Å². The van der Waals surface area contributed by atoms with E-state index in [-0.39, 0.29) is 6.29 Å². The summed E-state index contributed by atoms with van der Waals surface area (Å²) in [5.41, 5.74) is 15.4. The summed E-state index contributed by atoms with van der Waals surface area (Å²) in [6.07, 6.45) is 6.51. The molecule has 0 aliphatic carbocycles. The topological polar surface area (TPSA) is 70.5 Å². The maximum Gasteiger partial charge on any atom is 0.241 e. The van der Waals surface area contributed by atoms with Crippen molar-refractivity contribution in [3.05, 3.63) is 47.5 Å². The number of rotatable bonds is 10. The first-order valence-electron chi connectivity index (χ1n) is 9.55. The largest absolute Gasteiger partial charge is 0.455 e. The molecular weight excluding hydrogens is 324 g/mol. The molecule has 0 amide bonds. The molecule has 0 heterocycles. The van der Waals surface area contributed by atoms with Gasteiger partial charge in [0.25, 0.3) is 0 Å². The number of benzene rings is 2. The van der Waals surface area contributed by atoms with Gasteiger partial charge >= 0.3 is 0 Å². The number of nitrogen functional groups attached to an aromatic ring is 2. The lowest BCUT2D eigenvalue weighted by atomic mass is 10.1. The van der Waals surface area contributed by atoms with Crippen molar-refractivity contribution in [3.8, 4) is 11.5 Å². The van der Waals surface area contributed by atoms with Crippen LogP contribution < -0.4 is 20.9 Å². The number of ether oxygens (including phenoxy) is 2. The predicted molar refractivity (Wildman–Crippen MR) is 110 cm³/mol. The average molecular weight is 357 g/mol. The van der Waals surface area contributed by atoms with Gasteiger partial charge in [0.2, 0.25) is 6.29 Å². The zero-order chi connectivity index (χ0) is 18.9. The van der Waals surface area contributed by atoms with E-state index in [0.29, 0.717) is 0 Å². The van der Waals surface area contributed by atoms with Gasteiger partial charge in [0.1, 0.15) is 11.5 Å². The number of hydrogen-bond acceptors (Lipinski definition) is 4. The van der Waals surface area contributed by atoms with Gasteiger partial charge in [-0.25, -0.2) is 0 Å². The molecule has 0 spiro atoms. The molecule has 0 bridgehead atoms. The summed E-state index contributed by atoms with van der Waals surface area (Å²) in [7, 11) is 0. The van der Waals surface area contributed by atoms with Gasteiger partial charge in [0.05, 0.1) is 0 Å². The molecule has 0 saturated carbocycles. The van der Waals surface area contributed by atoms with E-state index >= 15 is 0 Å². The van der Waals surface area contributed by atoms with E-state index in [2.05, 4.69) is 6.92 Å². The molecule has 26 heavy (non-hydrogen) atoms. The number of anilines is 2. The lowest BCUT2D eigenvalue weighted by Gasteiger charge is -2.21. The first-order valence-corrected chi connectivity index (χ1v) is 9.55. The van der Waals surface area contributed by atoms with Crippen LogP contribution in [0.15, 0.2) is 36.4 Å². The van der Waals surface area contributed by atoms with Crippen molar-refractivity contribution in [1.82, 2.24) is 0 Å².